The summed E-state index contributed by atoms with van der Waals surface area (Å²) in [6.45, 7) is 2.40. The predicted octanol–water partition coefficient (Wildman–Crippen LogP) is 5.12. The number of benzene rings is 3. The summed E-state index contributed by atoms with van der Waals surface area (Å²) in [4.78, 5) is 44.5. The number of hydrogen-bond acceptors (Lipinski definition) is 6. The summed E-state index contributed by atoms with van der Waals surface area (Å²) in [5.41, 5.74) is 3.54. The van der Waals surface area contributed by atoms with E-state index in [4.69, 9.17) is 4.74 Å². The van der Waals surface area contributed by atoms with Crippen LogP contribution < -0.4 is 14.5 Å². The molecule has 0 aliphatic carbocycles. The third-order valence-electron chi connectivity index (χ3n) is 6.57. The van der Waals surface area contributed by atoms with Crippen molar-refractivity contribution in [3.8, 4) is 5.75 Å². The van der Waals surface area contributed by atoms with Gasteiger partial charge in [0.25, 0.3) is 0 Å². The highest BCUT2D eigenvalue weighted by Crippen LogP contribution is 2.54. The van der Waals surface area contributed by atoms with E-state index in [1.165, 1.54) is 16.7 Å². The highest BCUT2D eigenvalue weighted by molar-refractivity contribution is 8.00. The van der Waals surface area contributed by atoms with Crippen molar-refractivity contribution in [1.29, 1.82) is 0 Å². The minimum absolute atomic E-state index is 0.199. The molecule has 6 nitrogen and oxygen atoms in total. The fourth-order valence-electron chi connectivity index (χ4n) is 5.02. The van der Waals surface area contributed by atoms with Crippen LogP contribution in [0.2, 0.25) is 0 Å². The van der Waals surface area contributed by atoms with Crippen LogP contribution >= 0.6 is 23.1 Å². The number of amides is 2. The molecular weight excluding hydrogens is 492 g/mol. The average molecular weight is 515 g/mol. The van der Waals surface area contributed by atoms with Crippen molar-refractivity contribution in [2.24, 2.45) is 5.92 Å². The maximum Gasteiger partial charge on any atom is 0.305 e. The number of thiazole rings is 1. The van der Waals surface area contributed by atoms with Gasteiger partial charge in [0, 0.05) is 16.4 Å². The van der Waals surface area contributed by atoms with E-state index in [1.807, 2.05) is 67.6 Å². The molecule has 1 fully saturated rings. The smallest absolute Gasteiger partial charge is 0.305 e. The molecule has 3 aromatic carbocycles. The summed E-state index contributed by atoms with van der Waals surface area (Å²) in [6.07, 6.45) is 0. The molecule has 3 heterocycles. The van der Waals surface area contributed by atoms with Crippen LogP contribution in [-0.2, 0) is 16.2 Å². The Kier molecular flexibility index (Phi) is 5.78. The van der Waals surface area contributed by atoms with E-state index < -0.39 is 17.1 Å². The van der Waals surface area contributed by atoms with Crippen LogP contribution in [-0.4, -0.2) is 22.0 Å². The Morgan fingerprint density at radius 3 is 2.50 bits per heavy atom. The number of thioether (sulfide) groups is 1. The molecule has 36 heavy (non-hydrogen) atoms. The molecule has 6 rings (SSSR count). The van der Waals surface area contributed by atoms with Crippen LogP contribution in [0, 0.1) is 12.8 Å². The van der Waals surface area contributed by atoms with Gasteiger partial charge in [0.1, 0.15) is 17.6 Å². The van der Waals surface area contributed by atoms with E-state index in [1.54, 1.807) is 12.1 Å². The largest absolute Gasteiger partial charge is 0.489 e. The van der Waals surface area contributed by atoms with Crippen molar-refractivity contribution in [1.82, 2.24) is 4.98 Å². The topological polar surface area (TPSA) is 79.5 Å². The first-order valence-corrected chi connectivity index (χ1v) is 13.3. The summed E-state index contributed by atoms with van der Waals surface area (Å²) in [5.74, 6) is -1.00. The molecule has 2 amide bonds. The second-order valence-corrected chi connectivity index (χ2v) is 11.1. The molecule has 1 N–H and O–H groups in total. The number of nitrogens with zero attached hydrogens (tertiary/aromatic N) is 1. The van der Waals surface area contributed by atoms with Crippen molar-refractivity contribution in [3.05, 3.63) is 110 Å². The quantitative estimate of drug-likeness (QED) is 0.374. The number of carbonyl (C=O) groups is 2. The van der Waals surface area contributed by atoms with Gasteiger partial charge < -0.3 is 9.72 Å². The average Bonchev–Trinajstić information content (AvgIpc) is 3.38. The Hall–Kier alpha value is -3.62. The molecule has 8 heteroatoms. The Morgan fingerprint density at radius 1 is 0.917 bits per heavy atom. The number of hydrogen-bond donors (Lipinski definition) is 1. The molecule has 3 atom stereocenters. The van der Waals surface area contributed by atoms with Crippen molar-refractivity contribution in [3.63, 3.8) is 0 Å². The van der Waals surface area contributed by atoms with Crippen LogP contribution in [0.4, 0.5) is 5.69 Å². The number of aromatic nitrogens is 1. The third kappa shape index (κ3) is 3.86. The van der Waals surface area contributed by atoms with Crippen LogP contribution in [0.25, 0.3) is 0 Å². The van der Waals surface area contributed by atoms with Gasteiger partial charge >= 0.3 is 4.87 Å². The molecule has 180 valence electrons. The van der Waals surface area contributed by atoms with Crippen LogP contribution in [0.3, 0.4) is 0 Å². The van der Waals surface area contributed by atoms with Crippen molar-refractivity contribution >= 4 is 40.6 Å². The predicted molar refractivity (Wildman–Crippen MR) is 141 cm³/mol. The molecule has 0 saturated carbocycles. The van der Waals surface area contributed by atoms with Crippen LogP contribution in [0.5, 0.6) is 5.75 Å². The number of nitrogens with one attached hydrogen (secondary N) is 1. The lowest BCUT2D eigenvalue weighted by Gasteiger charge is -2.30. The number of rotatable bonds is 5. The van der Waals surface area contributed by atoms with E-state index >= 15 is 0 Å². The van der Waals surface area contributed by atoms with Gasteiger partial charge in [0.2, 0.25) is 11.8 Å². The fraction of sp³-hybridized carbons (Fsp3) is 0.179. The van der Waals surface area contributed by atoms with Gasteiger partial charge in [-0.05, 0) is 30.7 Å². The Labute approximate surface area is 215 Å². The molecule has 4 aromatic rings. The molecule has 3 unspecified atom stereocenters. The molecule has 1 saturated heterocycles. The molecular formula is C28H22N2O4S2. The van der Waals surface area contributed by atoms with Crippen LogP contribution in [0.1, 0.15) is 27.5 Å². The van der Waals surface area contributed by atoms with E-state index in [-0.39, 0.29) is 16.7 Å². The van der Waals surface area contributed by atoms with Gasteiger partial charge in [0.05, 0.1) is 16.6 Å². The molecule has 1 aromatic heterocycles. The summed E-state index contributed by atoms with van der Waals surface area (Å²) in [6, 6.07) is 24.7. The molecule has 0 bridgehead atoms. The lowest BCUT2D eigenvalue weighted by molar-refractivity contribution is -0.122. The van der Waals surface area contributed by atoms with E-state index in [9.17, 15) is 14.4 Å². The van der Waals surface area contributed by atoms with Crippen molar-refractivity contribution < 1.29 is 14.3 Å². The number of carbonyl (C=O) groups excluding carboxylic acids is 2. The summed E-state index contributed by atoms with van der Waals surface area (Å²) >= 11 is 2.37. The minimum Gasteiger partial charge on any atom is -0.489 e. The van der Waals surface area contributed by atoms with Gasteiger partial charge in [-0.3, -0.25) is 14.4 Å². The fourth-order valence-corrected chi connectivity index (χ4v) is 7.52. The maximum atomic E-state index is 13.8. The first-order valence-electron chi connectivity index (χ1n) is 11.6. The number of ether oxygens (including phenoxy) is 1. The molecule has 2 aliphatic heterocycles. The van der Waals surface area contributed by atoms with E-state index in [0.717, 1.165) is 32.9 Å². The summed E-state index contributed by atoms with van der Waals surface area (Å²) in [5, 5.41) is 0.0195. The monoisotopic (exact) mass is 514 g/mol. The summed E-state index contributed by atoms with van der Waals surface area (Å²) < 4.78 is 6.27. The number of para-hydroxylation sites is 2. The zero-order chi connectivity index (χ0) is 24.8. The van der Waals surface area contributed by atoms with Gasteiger partial charge in [-0.1, -0.05) is 89.3 Å². The molecule has 0 spiro atoms. The number of H-pyrrole nitrogens is 1. The number of aryl methyl sites for hydroxylation is 1. The zero-order valence-electron chi connectivity index (χ0n) is 19.3. The van der Waals surface area contributed by atoms with Gasteiger partial charge in [-0.15, -0.1) is 0 Å². The maximum absolute atomic E-state index is 13.8. The Morgan fingerprint density at radius 2 is 1.69 bits per heavy atom. The minimum atomic E-state index is -0.648. The van der Waals surface area contributed by atoms with E-state index in [2.05, 4.69) is 11.1 Å². The number of fused-ring (bicyclic) bond motifs is 2. The first-order chi connectivity index (χ1) is 17.5. The number of imide groups is 1. The first kappa shape index (κ1) is 22.8. The molecule has 0 radical (unpaired) electrons. The second-order valence-electron chi connectivity index (χ2n) is 8.91. The Balaban J connectivity index is 1.43. The SMILES string of the molecule is Cc1cccc(COc2ccccc2C2c3sc(=O)[nH]c3SC3C(=O)N(c4ccccc4)C(=O)C32)c1. The summed E-state index contributed by atoms with van der Waals surface area (Å²) in [7, 11) is 0. The molecule has 2 aliphatic rings. The zero-order valence-corrected chi connectivity index (χ0v) is 21.0. The highest BCUT2D eigenvalue weighted by Gasteiger charge is 2.56. The standard InChI is InChI=1S/C28H22N2O4S2/c1-16-8-7-9-17(14-16)15-34-20-13-6-5-12-19(20)21-22-24(35-25-23(21)36-28(33)29-25)27(32)30(26(22)31)18-10-3-2-4-11-18/h2-14,21-22,24H,15H2,1H3,(H,29,33). The van der Waals surface area contributed by atoms with Crippen molar-refractivity contribution in [2.75, 3.05) is 4.90 Å². The van der Waals surface area contributed by atoms with Gasteiger partial charge in [-0.25, -0.2) is 4.90 Å². The number of aromatic amines is 1. The Bertz CT molecular complexity index is 1530. The van der Waals surface area contributed by atoms with E-state index in [0.29, 0.717) is 23.1 Å². The second kappa shape index (κ2) is 9.11. The van der Waals surface area contributed by atoms with Crippen molar-refractivity contribution in [2.45, 2.75) is 29.7 Å². The van der Waals surface area contributed by atoms with Gasteiger partial charge in [0.15, 0.2) is 0 Å². The lowest BCUT2D eigenvalue weighted by Crippen LogP contribution is -2.32. The lowest BCUT2D eigenvalue weighted by atomic mass is 9.82. The number of anilines is 1. The normalized spacial score (nSPS) is 20.8. The third-order valence-corrected chi connectivity index (χ3v) is 8.97. The van der Waals surface area contributed by atoms with Crippen LogP contribution in [0.15, 0.2) is 88.7 Å². The highest BCUT2D eigenvalue weighted by atomic mass is 32.2. The van der Waals surface area contributed by atoms with Gasteiger partial charge in [-0.2, -0.15) is 0 Å².